The van der Waals surface area contributed by atoms with E-state index >= 15 is 0 Å². The number of benzene rings is 1. The first-order valence-corrected chi connectivity index (χ1v) is 10.2. The zero-order valence-electron chi connectivity index (χ0n) is 18.0. The molecule has 0 spiro atoms. The van der Waals surface area contributed by atoms with Gasteiger partial charge in [-0.05, 0) is 18.2 Å². The highest BCUT2D eigenvalue weighted by Gasteiger charge is 2.33. The molecule has 13 nitrogen and oxygen atoms in total. The number of carbonyl (C=O) groups excluding carboxylic acids is 3. The van der Waals surface area contributed by atoms with Gasteiger partial charge in [-0.15, -0.1) is 0 Å². The molecule has 2 aliphatic heterocycles. The summed E-state index contributed by atoms with van der Waals surface area (Å²) < 4.78 is 20.2. The highest BCUT2D eigenvalue weighted by atomic mass is 19.1. The Bertz CT molecular complexity index is 923. The largest absolute Gasteiger partial charge is 0.442 e. The van der Waals surface area contributed by atoms with E-state index in [1.807, 2.05) is 0 Å². The van der Waals surface area contributed by atoms with Gasteiger partial charge in [-0.1, -0.05) is 5.22 Å². The number of halogens is 1. The number of amides is 3. The van der Waals surface area contributed by atoms with Gasteiger partial charge in [0, 0.05) is 20.0 Å². The quantitative estimate of drug-likeness (QED) is 0.222. The summed E-state index contributed by atoms with van der Waals surface area (Å²) in [4.78, 5) is 43.9. The smallest absolute Gasteiger partial charge is 0.414 e. The molecule has 1 aromatic rings. The van der Waals surface area contributed by atoms with E-state index in [0.29, 0.717) is 17.9 Å². The first-order chi connectivity index (χ1) is 15.8. The number of carbonyl (C=O) groups is 3. The number of ether oxygens (including phenoxy) is 1. The van der Waals surface area contributed by atoms with Gasteiger partial charge < -0.3 is 15.0 Å². The number of nitrogens with one attached hydrogen (secondary N) is 3. The van der Waals surface area contributed by atoms with Gasteiger partial charge in [0.1, 0.15) is 24.8 Å². The van der Waals surface area contributed by atoms with E-state index in [9.17, 15) is 18.8 Å². The van der Waals surface area contributed by atoms with Crippen molar-refractivity contribution in [1.82, 2.24) is 15.4 Å². The Morgan fingerprint density at radius 2 is 2.15 bits per heavy atom. The number of rotatable bonds is 8. The molecule has 2 fully saturated rings. The van der Waals surface area contributed by atoms with Crippen LogP contribution >= 0.6 is 0 Å². The molecule has 1 unspecified atom stereocenters. The average Bonchev–Trinajstić information content (AvgIpc) is 3.00. The van der Waals surface area contributed by atoms with Gasteiger partial charge in [-0.25, -0.2) is 19.3 Å². The molecule has 0 saturated carbocycles. The number of hydrogen-bond acceptors (Lipinski definition) is 9. The summed E-state index contributed by atoms with van der Waals surface area (Å²) in [6, 6.07) is 4.39. The summed E-state index contributed by atoms with van der Waals surface area (Å²) in [5.41, 5.74) is 7.53. The molecule has 3 N–H and O–H groups in total. The molecule has 2 heterocycles. The molecule has 14 heteroatoms. The Morgan fingerprint density at radius 1 is 1.36 bits per heavy atom. The second-order valence-electron chi connectivity index (χ2n) is 7.33. The monoisotopic (exact) mass is 464 g/mol. The minimum Gasteiger partial charge on any atom is -0.442 e. The lowest BCUT2D eigenvalue weighted by molar-refractivity contribution is -0.182. The van der Waals surface area contributed by atoms with E-state index in [-0.39, 0.29) is 45.2 Å². The molecule has 0 bridgehead atoms. The van der Waals surface area contributed by atoms with Gasteiger partial charge in [0.05, 0.1) is 37.6 Å². The fourth-order valence-electron chi connectivity index (χ4n) is 3.43. The summed E-state index contributed by atoms with van der Waals surface area (Å²) in [5, 5.41) is 14.7. The molecule has 1 aromatic carbocycles. The summed E-state index contributed by atoms with van der Waals surface area (Å²) in [7, 11) is 0. The van der Waals surface area contributed by atoms with E-state index in [4.69, 9.17) is 20.5 Å². The Morgan fingerprint density at radius 3 is 2.82 bits per heavy atom. The molecule has 2 saturated heterocycles. The molecule has 0 aromatic heterocycles. The molecule has 3 amide bonds. The molecular formula is C19H25FN8O5. The summed E-state index contributed by atoms with van der Waals surface area (Å²) in [5.74, 6) is -1.26. The second kappa shape index (κ2) is 10.7. The number of hydrogen-bond donors (Lipinski definition) is 3. The highest BCUT2D eigenvalue weighted by molar-refractivity contribution is 5.90. The van der Waals surface area contributed by atoms with Gasteiger partial charge in [-0.3, -0.25) is 24.7 Å². The highest BCUT2D eigenvalue weighted by Crippen LogP contribution is 2.28. The first kappa shape index (κ1) is 23.8. The predicted molar refractivity (Wildman–Crippen MR) is 113 cm³/mol. The van der Waals surface area contributed by atoms with E-state index < -0.39 is 23.9 Å². The molecule has 1 atom stereocenters. The Hall–Kier alpha value is -3.81. The van der Waals surface area contributed by atoms with Gasteiger partial charge in [0.2, 0.25) is 5.91 Å². The lowest BCUT2D eigenvalue weighted by Gasteiger charge is -2.24. The Labute approximate surface area is 188 Å². The maximum atomic E-state index is 15.0. The van der Waals surface area contributed by atoms with Crippen LogP contribution in [0.25, 0.3) is 0 Å². The Balaban J connectivity index is 1.62. The van der Waals surface area contributed by atoms with Gasteiger partial charge >= 0.3 is 6.09 Å². The first-order valence-electron chi connectivity index (χ1n) is 10.2. The lowest BCUT2D eigenvalue weighted by Crippen LogP contribution is -2.39. The third kappa shape index (κ3) is 5.91. The maximum absolute atomic E-state index is 15.0. The zero-order valence-corrected chi connectivity index (χ0v) is 18.0. The number of nitrogens with zero attached hydrogens (tertiary/aromatic N) is 5. The van der Waals surface area contributed by atoms with Crippen LogP contribution in [0.3, 0.4) is 0 Å². The minimum atomic E-state index is -0.617. The molecule has 0 radical (unpaired) electrons. The predicted octanol–water partition coefficient (Wildman–Crippen LogP) is 0.722. The third-order valence-corrected chi connectivity index (χ3v) is 5.07. The molecule has 33 heavy (non-hydrogen) atoms. The second-order valence-corrected chi connectivity index (χ2v) is 7.33. The van der Waals surface area contributed by atoms with Crippen LogP contribution < -0.4 is 15.1 Å². The van der Waals surface area contributed by atoms with Crippen LogP contribution in [0.15, 0.2) is 23.4 Å². The number of cyclic esters (lactones) is 1. The van der Waals surface area contributed by atoms with Crippen LogP contribution in [0.2, 0.25) is 0 Å². The minimum absolute atomic E-state index is 0.124. The third-order valence-electron chi connectivity index (χ3n) is 5.07. The van der Waals surface area contributed by atoms with Crippen molar-refractivity contribution in [2.45, 2.75) is 13.0 Å². The van der Waals surface area contributed by atoms with Crippen molar-refractivity contribution < 1.29 is 28.3 Å². The topological polar surface area (TPSA) is 155 Å². The molecule has 3 rings (SSSR count). The van der Waals surface area contributed by atoms with Gasteiger partial charge in [0.15, 0.2) is 0 Å². The van der Waals surface area contributed by atoms with Crippen molar-refractivity contribution in [2.75, 3.05) is 55.7 Å². The van der Waals surface area contributed by atoms with Crippen LogP contribution in [-0.2, 0) is 19.2 Å². The Kier molecular flexibility index (Phi) is 7.71. The van der Waals surface area contributed by atoms with E-state index in [1.165, 1.54) is 17.9 Å². The van der Waals surface area contributed by atoms with Crippen molar-refractivity contribution in [2.24, 2.45) is 5.22 Å². The molecule has 178 valence electrons. The van der Waals surface area contributed by atoms with Crippen molar-refractivity contribution in [1.29, 1.82) is 10.9 Å². The molecule has 0 aliphatic carbocycles. The number of anilines is 2. The SMILES string of the molecule is CC(=O)NCC1CN(c2ccc(N3CCON(C(=O)CN(C=N)N=N)CC3)c(F)c2)C(=O)O1. The molecule has 2 aliphatic rings. The van der Waals surface area contributed by atoms with Crippen molar-refractivity contribution >= 4 is 35.6 Å². The van der Waals surface area contributed by atoms with Gasteiger partial charge in [-0.2, -0.15) is 5.53 Å². The zero-order chi connectivity index (χ0) is 24.0. The summed E-state index contributed by atoms with van der Waals surface area (Å²) in [6.45, 7) is 2.29. The van der Waals surface area contributed by atoms with Crippen LogP contribution in [0.5, 0.6) is 0 Å². The van der Waals surface area contributed by atoms with E-state index in [0.717, 1.165) is 16.4 Å². The van der Waals surface area contributed by atoms with Crippen LogP contribution in [-0.4, -0.2) is 86.3 Å². The van der Waals surface area contributed by atoms with Crippen molar-refractivity contribution in [3.63, 3.8) is 0 Å². The van der Waals surface area contributed by atoms with Crippen molar-refractivity contribution in [3.05, 3.63) is 24.0 Å². The lowest BCUT2D eigenvalue weighted by atomic mass is 10.2. The number of hydroxylamine groups is 2. The van der Waals surface area contributed by atoms with Crippen LogP contribution in [0, 0.1) is 16.8 Å². The fourth-order valence-corrected chi connectivity index (χ4v) is 3.43. The van der Waals surface area contributed by atoms with Crippen molar-refractivity contribution in [3.8, 4) is 0 Å². The van der Waals surface area contributed by atoms with E-state index in [2.05, 4.69) is 10.5 Å². The molecular weight excluding hydrogens is 439 g/mol. The summed E-state index contributed by atoms with van der Waals surface area (Å²) >= 11 is 0. The fraction of sp³-hybridized carbons (Fsp3) is 0.474. The van der Waals surface area contributed by atoms with Gasteiger partial charge in [0.25, 0.3) is 5.91 Å². The standard InChI is InChI=1S/C19H25FN8O5/c1-13(29)23-9-15-10-27(19(31)33-15)14-2-3-17(16(20)8-14)25-4-5-28(32-7-6-25)18(30)11-26(12-21)24-22/h2-3,8,12,15,21-22H,4-7,9-11H2,1H3,(H,23,29). The maximum Gasteiger partial charge on any atom is 0.414 e. The van der Waals surface area contributed by atoms with Crippen LogP contribution in [0.4, 0.5) is 20.6 Å². The normalized spacial score (nSPS) is 18.4. The average molecular weight is 464 g/mol. The van der Waals surface area contributed by atoms with E-state index in [1.54, 1.807) is 17.0 Å². The van der Waals surface area contributed by atoms with Crippen LogP contribution in [0.1, 0.15) is 6.92 Å². The summed E-state index contributed by atoms with van der Waals surface area (Å²) in [6.07, 6.45) is -0.389.